The van der Waals surface area contributed by atoms with Gasteiger partial charge in [-0.05, 0) is 26.7 Å². The fourth-order valence-electron chi connectivity index (χ4n) is 2.66. The molecule has 0 saturated carbocycles. The van der Waals surface area contributed by atoms with E-state index in [1.54, 1.807) is 0 Å². The highest BCUT2D eigenvalue weighted by Gasteiger charge is 2.44. The van der Waals surface area contributed by atoms with Crippen LogP contribution in [0.25, 0.3) is 0 Å². The van der Waals surface area contributed by atoms with Crippen molar-refractivity contribution in [2.24, 2.45) is 0 Å². The maximum Gasteiger partial charge on any atom is 0.261 e. The third-order valence-corrected chi connectivity index (χ3v) is 4.22. The van der Waals surface area contributed by atoms with Crippen LogP contribution in [-0.4, -0.2) is 17.1 Å². The molecule has 1 aliphatic heterocycles. The van der Waals surface area contributed by atoms with Crippen LogP contribution in [0.5, 0.6) is 0 Å². The molecule has 2 heteroatoms. The fraction of sp³-hybridized carbons (Fsp3) is 0.588. The molecule has 0 aromatic heterocycles. The summed E-state index contributed by atoms with van der Waals surface area (Å²) in [6.45, 7) is 9.75. The summed E-state index contributed by atoms with van der Waals surface area (Å²) in [4.78, 5) is 6.02. The van der Waals surface area contributed by atoms with Crippen LogP contribution >= 0.6 is 0 Å². The molecule has 0 aliphatic carbocycles. The number of benzene rings is 1. The lowest BCUT2D eigenvalue weighted by molar-refractivity contribution is -0.728. The number of rotatable bonds is 6. The van der Waals surface area contributed by atoms with Crippen molar-refractivity contribution in [1.29, 1.82) is 0 Å². The van der Waals surface area contributed by atoms with Crippen molar-refractivity contribution in [3.63, 3.8) is 0 Å². The Balaban J connectivity index is 2.09. The molecule has 19 heavy (non-hydrogen) atoms. The van der Waals surface area contributed by atoms with Gasteiger partial charge < -0.3 is 0 Å². The maximum atomic E-state index is 6.02. The zero-order valence-corrected chi connectivity index (χ0v) is 12.7. The van der Waals surface area contributed by atoms with Crippen molar-refractivity contribution in [2.45, 2.75) is 58.8 Å². The molecule has 0 amide bonds. The van der Waals surface area contributed by atoms with Gasteiger partial charge in [-0.15, -0.1) is 0 Å². The Bertz CT molecular complexity index is 474. The van der Waals surface area contributed by atoms with E-state index in [0.717, 1.165) is 13.0 Å². The number of fused-ring (bicyclic) bond motifs is 1. The first-order valence-corrected chi connectivity index (χ1v) is 7.45. The summed E-state index contributed by atoms with van der Waals surface area (Å²) >= 11 is 0. The van der Waals surface area contributed by atoms with Gasteiger partial charge in [0.2, 0.25) is 5.71 Å². The number of para-hydroxylation sites is 1. The molecule has 0 radical (unpaired) electrons. The molecule has 2 nitrogen and oxygen atoms in total. The van der Waals surface area contributed by atoms with Crippen LogP contribution in [0.3, 0.4) is 0 Å². The Morgan fingerprint density at radius 2 is 1.84 bits per heavy atom. The lowest BCUT2D eigenvalue weighted by Gasteiger charge is -2.13. The second kappa shape index (κ2) is 5.77. The molecule has 2 rings (SSSR count). The molecule has 0 saturated heterocycles. The van der Waals surface area contributed by atoms with Gasteiger partial charge >= 0.3 is 0 Å². The highest BCUT2D eigenvalue weighted by molar-refractivity contribution is 5.92. The average Bonchev–Trinajstić information content (AvgIpc) is 2.60. The van der Waals surface area contributed by atoms with Crippen LogP contribution in [0.4, 0.5) is 5.69 Å². The van der Waals surface area contributed by atoms with E-state index in [-0.39, 0.29) is 5.41 Å². The summed E-state index contributed by atoms with van der Waals surface area (Å²) in [5.74, 6) is 0. The van der Waals surface area contributed by atoms with E-state index < -0.39 is 0 Å². The largest absolute Gasteiger partial charge is 0.271 e. The first-order chi connectivity index (χ1) is 9.09. The Morgan fingerprint density at radius 1 is 1.11 bits per heavy atom. The van der Waals surface area contributed by atoms with Crippen LogP contribution in [0.1, 0.15) is 58.9 Å². The van der Waals surface area contributed by atoms with Crippen molar-refractivity contribution in [2.75, 3.05) is 6.61 Å². The minimum absolute atomic E-state index is 0.0695. The van der Waals surface area contributed by atoms with Gasteiger partial charge in [-0.2, -0.15) is 0 Å². The van der Waals surface area contributed by atoms with E-state index in [1.807, 2.05) is 4.74 Å². The Hall–Kier alpha value is -1.31. The molecular weight excluding hydrogens is 234 g/mol. The first-order valence-electron chi connectivity index (χ1n) is 7.45. The standard InChI is InChI=1S/C17H26NO/c1-5-6-7-10-13-19-18-14(2)17(3,4)15-11-8-9-12-16(15)18/h8-9,11-12H,5-7,10,13H2,1-4H3/q+1. The summed E-state index contributed by atoms with van der Waals surface area (Å²) in [7, 11) is 0. The molecular formula is C17H26NO+. The van der Waals surface area contributed by atoms with E-state index in [4.69, 9.17) is 4.84 Å². The summed E-state index contributed by atoms with van der Waals surface area (Å²) in [6, 6.07) is 8.55. The predicted octanol–water partition coefficient (Wildman–Crippen LogP) is 4.59. The van der Waals surface area contributed by atoms with Gasteiger partial charge in [0.15, 0.2) is 6.61 Å². The van der Waals surface area contributed by atoms with E-state index in [9.17, 15) is 0 Å². The third-order valence-electron chi connectivity index (χ3n) is 4.22. The zero-order valence-electron chi connectivity index (χ0n) is 12.7. The highest BCUT2D eigenvalue weighted by atomic mass is 16.7. The van der Waals surface area contributed by atoms with Crippen LogP contribution in [-0.2, 0) is 10.3 Å². The van der Waals surface area contributed by atoms with Gasteiger partial charge in [-0.25, -0.2) is 0 Å². The minimum Gasteiger partial charge on any atom is -0.271 e. The molecule has 0 spiro atoms. The van der Waals surface area contributed by atoms with E-state index in [0.29, 0.717) is 0 Å². The number of hydrogen-bond acceptors (Lipinski definition) is 1. The number of unbranched alkanes of at least 4 members (excludes halogenated alkanes) is 3. The lowest BCUT2D eigenvalue weighted by Crippen LogP contribution is -2.26. The summed E-state index contributed by atoms with van der Waals surface area (Å²) in [5.41, 5.74) is 3.92. The van der Waals surface area contributed by atoms with Crippen LogP contribution < -0.4 is 0 Å². The van der Waals surface area contributed by atoms with E-state index in [2.05, 4.69) is 52.0 Å². The monoisotopic (exact) mass is 260 g/mol. The summed E-state index contributed by atoms with van der Waals surface area (Å²) in [5, 5.41) is 0. The molecule has 1 aliphatic rings. The summed E-state index contributed by atoms with van der Waals surface area (Å²) < 4.78 is 2.04. The smallest absolute Gasteiger partial charge is 0.261 e. The van der Waals surface area contributed by atoms with Gasteiger partial charge in [0.05, 0.1) is 5.41 Å². The molecule has 0 fully saturated rings. The van der Waals surface area contributed by atoms with Crippen LogP contribution in [0.2, 0.25) is 0 Å². The second-order valence-corrected chi connectivity index (χ2v) is 5.92. The quantitative estimate of drug-likeness (QED) is 0.538. The second-order valence-electron chi connectivity index (χ2n) is 5.92. The Morgan fingerprint density at radius 3 is 2.58 bits per heavy atom. The normalized spacial score (nSPS) is 16.6. The predicted molar refractivity (Wildman–Crippen MR) is 80.2 cm³/mol. The van der Waals surface area contributed by atoms with Crippen LogP contribution in [0.15, 0.2) is 24.3 Å². The third kappa shape index (κ3) is 2.68. The molecule has 0 bridgehead atoms. The number of hydrogen-bond donors (Lipinski definition) is 0. The summed E-state index contributed by atoms with van der Waals surface area (Å²) in [6.07, 6.45) is 4.97. The lowest BCUT2D eigenvalue weighted by atomic mass is 9.82. The van der Waals surface area contributed by atoms with Gasteiger partial charge in [-0.3, -0.25) is 4.84 Å². The van der Waals surface area contributed by atoms with Gasteiger partial charge in [0, 0.05) is 23.3 Å². The molecule has 1 aromatic rings. The van der Waals surface area contributed by atoms with Gasteiger partial charge in [0.25, 0.3) is 5.69 Å². The topological polar surface area (TPSA) is 12.2 Å². The van der Waals surface area contributed by atoms with Gasteiger partial charge in [-0.1, -0.05) is 38.0 Å². The van der Waals surface area contributed by atoms with Crippen molar-refractivity contribution in [3.05, 3.63) is 29.8 Å². The van der Waals surface area contributed by atoms with E-state index >= 15 is 0 Å². The molecule has 0 atom stereocenters. The Kier molecular flexibility index (Phi) is 4.28. The molecule has 1 heterocycles. The van der Waals surface area contributed by atoms with Gasteiger partial charge in [0.1, 0.15) is 0 Å². The average molecular weight is 260 g/mol. The SMILES string of the molecule is CCCCCCO[N+]1=C(C)C(C)(C)c2ccccc21. The van der Waals surface area contributed by atoms with Crippen molar-refractivity contribution < 1.29 is 9.58 Å². The van der Waals surface area contributed by atoms with Crippen molar-refractivity contribution in [3.8, 4) is 0 Å². The first kappa shape index (κ1) is 14.1. The highest BCUT2D eigenvalue weighted by Crippen LogP contribution is 2.39. The minimum atomic E-state index is 0.0695. The van der Waals surface area contributed by atoms with Crippen molar-refractivity contribution >= 4 is 11.4 Å². The molecule has 0 unspecified atom stereocenters. The maximum absolute atomic E-state index is 6.02. The molecule has 1 aromatic carbocycles. The molecule has 0 N–H and O–H groups in total. The fourth-order valence-corrected chi connectivity index (χ4v) is 2.66. The zero-order chi connectivity index (χ0) is 13.9. The molecule has 104 valence electrons. The van der Waals surface area contributed by atoms with E-state index in [1.165, 1.54) is 36.2 Å². The number of nitrogens with zero attached hydrogens (tertiary/aromatic N) is 1. The van der Waals surface area contributed by atoms with Crippen LogP contribution in [0, 0.1) is 0 Å². The Labute approximate surface area is 117 Å². The van der Waals surface area contributed by atoms with Crippen molar-refractivity contribution in [1.82, 2.24) is 0 Å².